The number of fused-ring (bicyclic) bond motifs is 1. The number of hydrogen-bond acceptors (Lipinski definition) is 5. The number of likely N-dealkylation sites (tertiary alicyclic amines) is 1. The lowest BCUT2D eigenvalue weighted by Crippen LogP contribution is -2.45. The second-order valence-electron chi connectivity index (χ2n) is 6.90. The first-order valence-electron chi connectivity index (χ1n) is 8.54. The van der Waals surface area contributed by atoms with E-state index < -0.39 is 0 Å². The third kappa shape index (κ3) is 3.70. The molecule has 1 saturated heterocycles. The molecule has 0 amide bonds. The van der Waals surface area contributed by atoms with E-state index in [0.29, 0.717) is 0 Å². The van der Waals surface area contributed by atoms with Crippen molar-refractivity contribution in [2.45, 2.75) is 51.5 Å². The zero-order chi connectivity index (χ0) is 15.4. The van der Waals surface area contributed by atoms with E-state index in [2.05, 4.69) is 4.90 Å². The van der Waals surface area contributed by atoms with E-state index >= 15 is 0 Å². The normalized spacial score (nSPS) is 26.1. The van der Waals surface area contributed by atoms with Crippen LogP contribution in [0.2, 0.25) is 0 Å². The number of aromatic nitrogens is 1. The Hall–Kier alpha value is -0.490. The first-order valence-corrected chi connectivity index (χ1v) is 9.36. The average molecular weight is 324 g/mol. The van der Waals surface area contributed by atoms with E-state index in [1.165, 1.54) is 41.3 Å². The Labute approximate surface area is 137 Å². The quantitative estimate of drug-likeness (QED) is 0.874. The monoisotopic (exact) mass is 324 g/mol. The summed E-state index contributed by atoms with van der Waals surface area (Å²) in [5.74, 6) is 0. The lowest BCUT2D eigenvalue weighted by molar-refractivity contribution is 0.00473. The zero-order valence-corrected chi connectivity index (χ0v) is 14.5. The molecule has 0 unspecified atom stereocenters. The Morgan fingerprint density at radius 2 is 2.18 bits per heavy atom. The van der Waals surface area contributed by atoms with Crippen LogP contribution in [0.15, 0.2) is 0 Å². The molecule has 22 heavy (non-hydrogen) atoms. The van der Waals surface area contributed by atoms with Gasteiger partial charge in [-0.2, -0.15) is 0 Å². The van der Waals surface area contributed by atoms with Crippen LogP contribution in [0.3, 0.4) is 0 Å². The van der Waals surface area contributed by atoms with Crippen molar-refractivity contribution in [3.05, 3.63) is 15.6 Å². The van der Waals surface area contributed by atoms with Gasteiger partial charge in [0.25, 0.3) is 0 Å². The molecule has 2 heterocycles. The number of aliphatic hydroxyl groups excluding tert-OH is 1. The van der Waals surface area contributed by atoms with Gasteiger partial charge in [-0.05, 0) is 51.5 Å². The van der Waals surface area contributed by atoms with Crippen LogP contribution in [0.4, 0.5) is 0 Å². The molecule has 124 valence electrons. The van der Waals surface area contributed by atoms with Crippen molar-refractivity contribution >= 4 is 11.3 Å². The van der Waals surface area contributed by atoms with Crippen LogP contribution >= 0.6 is 11.3 Å². The zero-order valence-electron chi connectivity index (χ0n) is 13.6. The summed E-state index contributed by atoms with van der Waals surface area (Å²) >= 11 is 1.91. The van der Waals surface area contributed by atoms with Gasteiger partial charge in [0.2, 0.25) is 0 Å². The van der Waals surface area contributed by atoms with Crippen LogP contribution in [-0.4, -0.2) is 48.4 Å². The number of aryl methyl sites for hydroxylation is 2. The molecule has 2 aliphatic rings. The van der Waals surface area contributed by atoms with Gasteiger partial charge in [0.05, 0.1) is 18.8 Å². The first kappa shape index (κ1) is 16.4. The van der Waals surface area contributed by atoms with Crippen molar-refractivity contribution < 1.29 is 9.84 Å². The molecule has 1 N–H and O–H groups in total. The highest BCUT2D eigenvalue weighted by Gasteiger charge is 2.35. The SMILES string of the molecule is COCC[C@]1(CO)CCCN(Cc2nc3c(s2)CCCC3)C1. The maximum Gasteiger partial charge on any atom is 0.107 e. The number of hydrogen-bond donors (Lipinski definition) is 1. The lowest BCUT2D eigenvalue weighted by atomic mass is 9.78. The molecule has 1 aliphatic heterocycles. The Morgan fingerprint density at radius 3 is 2.95 bits per heavy atom. The van der Waals surface area contributed by atoms with E-state index in [0.717, 1.165) is 45.5 Å². The van der Waals surface area contributed by atoms with Crippen molar-refractivity contribution in [2.24, 2.45) is 5.41 Å². The molecule has 0 radical (unpaired) electrons. The highest BCUT2D eigenvalue weighted by molar-refractivity contribution is 7.11. The van der Waals surface area contributed by atoms with Crippen molar-refractivity contribution in [3.63, 3.8) is 0 Å². The summed E-state index contributed by atoms with van der Waals surface area (Å²) in [6.07, 6.45) is 8.23. The van der Waals surface area contributed by atoms with Gasteiger partial charge < -0.3 is 9.84 Å². The molecule has 1 atom stereocenters. The van der Waals surface area contributed by atoms with Crippen LogP contribution in [-0.2, 0) is 24.1 Å². The predicted octanol–water partition coefficient (Wildman–Crippen LogP) is 2.63. The lowest BCUT2D eigenvalue weighted by Gasteiger charge is -2.41. The first-order chi connectivity index (χ1) is 10.7. The molecule has 1 fully saturated rings. The number of nitrogens with zero attached hydrogens (tertiary/aromatic N) is 2. The summed E-state index contributed by atoms with van der Waals surface area (Å²) in [6.45, 7) is 4.05. The Bertz CT molecular complexity index is 468. The molecular formula is C17H28N2O2S. The summed E-state index contributed by atoms with van der Waals surface area (Å²) in [6, 6.07) is 0. The minimum absolute atomic E-state index is 0.0190. The molecule has 4 nitrogen and oxygen atoms in total. The number of methoxy groups -OCH3 is 1. The summed E-state index contributed by atoms with van der Waals surface area (Å²) < 4.78 is 5.24. The minimum atomic E-state index is 0.0190. The molecule has 0 spiro atoms. The van der Waals surface area contributed by atoms with Gasteiger partial charge in [0.1, 0.15) is 5.01 Å². The third-order valence-electron chi connectivity index (χ3n) is 5.16. The molecule has 3 rings (SSSR count). The van der Waals surface area contributed by atoms with Crippen LogP contribution in [0.1, 0.15) is 47.7 Å². The van der Waals surface area contributed by atoms with Gasteiger partial charge >= 0.3 is 0 Å². The highest BCUT2D eigenvalue weighted by Crippen LogP contribution is 2.34. The molecular weight excluding hydrogens is 296 g/mol. The van der Waals surface area contributed by atoms with E-state index in [-0.39, 0.29) is 12.0 Å². The maximum absolute atomic E-state index is 9.89. The fourth-order valence-corrected chi connectivity index (χ4v) is 5.04. The van der Waals surface area contributed by atoms with Crippen LogP contribution in [0, 0.1) is 5.41 Å². The van der Waals surface area contributed by atoms with Crippen molar-refractivity contribution in [3.8, 4) is 0 Å². The topological polar surface area (TPSA) is 45.6 Å². The Kier molecular flexibility index (Phi) is 5.50. The molecule has 0 aromatic carbocycles. The van der Waals surface area contributed by atoms with Gasteiger partial charge in [-0.15, -0.1) is 11.3 Å². The predicted molar refractivity (Wildman–Crippen MR) is 89.3 cm³/mol. The summed E-state index contributed by atoms with van der Waals surface area (Å²) in [7, 11) is 1.74. The fourth-order valence-electron chi connectivity index (χ4n) is 3.84. The van der Waals surface area contributed by atoms with Crippen LogP contribution in [0.5, 0.6) is 0 Å². The fraction of sp³-hybridized carbons (Fsp3) is 0.824. The second-order valence-corrected chi connectivity index (χ2v) is 8.07. The number of thiazole rings is 1. The van der Waals surface area contributed by atoms with Crippen LogP contribution < -0.4 is 0 Å². The smallest absolute Gasteiger partial charge is 0.107 e. The van der Waals surface area contributed by atoms with Crippen molar-refractivity contribution in [2.75, 3.05) is 33.4 Å². The molecule has 1 aromatic heterocycles. The number of piperidine rings is 1. The van der Waals surface area contributed by atoms with Crippen LogP contribution in [0.25, 0.3) is 0 Å². The largest absolute Gasteiger partial charge is 0.396 e. The molecule has 0 saturated carbocycles. The standard InChI is InChI=1S/C17H28N2O2S/c1-21-10-8-17(13-20)7-4-9-19(12-17)11-16-18-14-5-2-3-6-15(14)22-16/h20H,2-13H2,1H3/t17-/m1/s1. The molecule has 0 bridgehead atoms. The third-order valence-corrected chi connectivity index (χ3v) is 6.30. The summed E-state index contributed by atoms with van der Waals surface area (Å²) in [5.41, 5.74) is 1.38. The number of ether oxygens (including phenoxy) is 1. The Balaban J connectivity index is 1.63. The molecule has 5 heteroatoms. The van der Waals surface area contributed by atoms with E-state index in [1.807, 2.05) is 11.3 Å². The van der Waals surface area contributed by atoms with Gasteiger partial charge in [0.15, 0.2) is 0 Å². The summed E-state index contributed by atoms with van der Waals surface area (Å²) in [5, 5.41) is 11.2. The highest BCUT2D eigenvalue weighted by atomic mass is 32.1. The second kappa shape index (κ2) is 7.39. The average Bonchev–Trinajstić information content (AvgIpc) is 2.95. The minimum Gasteiger partial charge on any atom is -0.396 e. The van der Waals surface area contributed by atoms with Gasteiger partial charge in [-0.25, -0.2) is 4.98 Å². The molecule has 1 aromatic rings. The van der Waals surface area contributed by atoms with Gasteiger partial charge in [0, 0.05) is 30.6 Å². The van der Waals surface area contributed by atoms with E-state index in [1.54, 1.807) is 7.11 Å². The number of aliphatic hydroxyl groups is 1. The number of rotatable bonds is 6. The van der Waals surface area contributed by atoms with Crippen molar-refractivity contribution in [1.29, 1.82) is 0 Å². The van der Waals surface area contributed by atoms with E-state index in [9.17, 15) is 5.11 Å². The summed E-state index contributed by atoms with van der Waals surface area (Å²) in [4.78, 5) is 8.88. The van der Waals surface area contributed by atoms with Crippen molar-refractivity contribution in [1.82, 2.24) is 9.88 Å². The maximum atomic E-state index is 9.89. The van der Waals surface area contributed by atoms with Gasteiger partial charge in [-0.1, -0.05) is 0 Å². The van der Waals surface area contributed by atoms with E-state index in [4.69, 9.17) is 9.72 Å². The molecule has 1 aliphatic carbocycles. The Morgan fingerprint density at radius 1 is 1.32 bits per heavy atom. The van der Waals surface area contributed by atoms with Gasteiger partial charge in [-0.3, -0.25) is 4.90 Å².